The lowest BCUT2D eigenvalue weighted by Crippen LogP contribution is -2.56. The molecule has 1 heterocycles. The van der Waals surface area contributed by atoms with Crippen molar-refractivity contribution >= 4 is 35.5 Å². The van der Waals surface area contributed by atoms with Gasteiger partial charge in [-0.2, -0.15) is 0 Å². The van der Waals surface area contributed by atoms with Crippen LogP contribution in [0.4, 0.5) is 5.69 Å². The number of para-hydroxylation sites is 1. The Morgan fingerprint density at radius 3 is 1.75 bits per heavy atom. The molecule has 1 spiro atoms. The van der Waals surface area contributed by atoms with Crippen LogP contribution in [0.15, 0.2) is 115 Å². The molecule has 3 unspecified atom stereocenters. The number of methoxy groups -OCH3 is 1. The molecule has 3 atom stereocenters. The van der Waals surface area contributed by atoms with Crippen LogP contribution in [0, 0.1) is 17.3 Å². The number of hydrogen-bond acceptors (Lipinski definition) is 9. The van der Waals surface area contributed by atoms with E-state index in [0.29, 0.717) is 22.4 Å². The van der Waals surface area contributed by atoms with Gasteiger partial charge in [0.25, 0.3) is 0 Å². The molecule has 262 valence electrons. The second-order valence-electron chi connectivity index (χ2n) is 12.7. The van der Waals surface area contributed by atoms with Gasteiger partial charge in [-0.3, -0.25) is 24.0 Å². The summed E-state index contributed by atoms with van der Waals surface area (Å²) >= 11 is 0. The Balaban J connectivity index is 1.56. The molecule has 10 heteroatoms. The summed E-state index contributed by atoms with van der Waals surface area (Å²) in [6.07, 6.45) is -0.808. The molecule has 10 nitrogen and oxygen atoms in total. The number of anilines is 1. The molecule has 1 aliphatic heterocycles. The molecule has 4 aromatic rings. The number of hydrogen-bond donors (Lipinski definition) is 0. The molecule has 4 aromatic carbocycles. The van der Waals surface area contributed by atoms with Gasteiger partial charge < -0.3 is 23.8 Å². The van der Waals surface area contributed by atoms with Crippen molar-refractivity contribution in [3.63, 3.8) is 0 Å². The van der Waals surface area contributed by atoms with E-state index >= 15 is 4.79 Å². The monoisotopic (exact) mass is 689 g/mol. The van der Waals surface area contributed by atoms with Crippen molar-refractivity contribution in [1.29, 1.82) is 0 Å². The van der Waals surface area contributed by atoms with E-state index in [0.717, 1.165) is 5.56 Å². The van der Waals surface area contributed by atoms with Gasteiger partial charge in [-0.25, -0.2) is 0 Å². The number of carbonyl (C=O) groups excluding carboxylic acids is 5. The van der Waals surface area contributed by atoms with Gasteiger partial charge in [-0.1, -0.05) is 109 Å². The summed E-state index contributed by atoms with van der Waals surface area (Å²) in [6.45, 7) is 1.18. The molecule has 1 fully saturated rings. The quantitative estimate of drug-likeness (QED) is 0.105. The number of fused-ring (bicyclic) bond motifs is 2. The first kappa shape index (κ1) is 35.1. The number of nitrogens with zero attached hydrogens (tertiary/aromatic N) is 1. The maximum absolute atomic E-state index is 15.3. The number of amides is 1. The van der Waals surface area contributed by atoms with Gasteiger partial charge in [0.1, 0.15) is 19.1 Å². The van der Waals surface area contributed by atoms with E-state index in [2.05, 4.69) is 0 Å². The smallest absolute Gasteiger partial charge is 0.324 e. The molecule has 0 saturated heterocycles. The molecule has 1 saturated carbocycles. The highest BCUT2D eigenvalue weighted by molar-refractivity contribution is 6.15. The zero-order valence-electron chi connectivity index (χ0n) is 28.5. The Morgan fingerprint density at radius 1 is 0.706 bits per heavy atom. The molecule has 0 bridgehead atoms. The van der Waals surface area contributed by atoms with Crippen LogP contribution in [0.25, 0.3) is 0 Å². The van der Waals surface area contributed by atoms with Gasteiger partial charge in [-0.05, 0) is 47.6 Å². The fourth-order valence-electron chi connectivity index (χ4n) is 7.71. The van der Waals surface area contributed by atoms with E-state index in [1.165, 1.54) is 7.11 Å². The van der Waals surface area contributed by atoms with Crippen LogP contribution in [-0.2, 0) is 68.1 Å². The molecule has 0 radical (unpaired) electrons. The second kappa shape index (κ2) is 15.0. The average molecular weight is 690 g/mol. The Bertz CT molecular complexity index is 1840. The summed E-state index contributed by atoms with van der Waals surface area (Å²) in [5.74, 6) is -7.14. The largest absolute Gasteiger partial charge is 0.469 e. The lowest BCUT2D eigenvalue weighted by molar-refractivity contribution is -0.185. The van der Waals surface area contributed by atoms with Crippen molar-refractivity contribution in [1.82, 2.24) is 0 Å². The van der Waals surface area contributed by atoms with Crippen LogP contribution in [0.3, 0.4) is 0 Å². The highest BCUT2D eigenvalue weighted by Crippen LogP contribution is 2.65. The molecule has 6 rings (SSSR count). The van der Waals surface area contributed by atoms with Crippen molar-refractivity contribution in [2.24, 2.45) is 17.3 Å². The number of ether oxygens (including phenoxy) is 4. The topological polar surface area (TPSA) is 126 Å². The van der Waals surface area contributed by atoms with E-state index in [1.54, 1.807) is 84.6 Å². The van der Waals surface area contributed by atoms with Gasteiger partial charge in [-0.15, -0.1) is 0 Å². The Morgan fingerprint density at radius 2 is 1.22 bits per heavy atom. The number of benzene rings is 4. The van der Waals surface area contributed by atoms with Crippen LogP contribution < -0.4 is 4.90 Å². The molecule has 1 amide bonds. The van der Waals surface area contributed by atoms with Crippen LogP contribution in [0.1, 0.15) is 42.0 Å². The number of esters is 4. The van der Waals surface area contributed by atoms with Crippen molar-refractivity contribution in [3.05, 3.63) is 138 Å². The summed E-state index contributed by atoms with van der Waals surface area (Å²) in [5.41, 5.74) is -1.33. The first-order valence-corrected chi connectivity index (χ1v) is 16.9. The summed E-state index contributed by atoms with van der Waals surface area (Å²) in [4.78, 5) is 74.2. The molecule has 0 N–H and O–H groups in total. The molecule has 51 heavy (non-hydrogen) atoms. The predicted octanol–water partition coefficient (Wildman–Crippen LogP) is 5.71. The van der Waals surface area contributed by atoms with Crippen molar-refractivity contribution in [2.45, 2.75) is 44.9 Å². The number of carbonyl (C=O) groups is 5. The summed E-state index contributed by atoms with van der Waals surface area (Å²) in [7, 11) is 1.22. The predicted molar refractivity (Wildman–Crippen MR) is 186 cm³/mol. The Hall–Kier alpha value is -5.77. The third-order valence-electron chi connectivity index (χ3n) is 9.90. The van der Waals surface area contributed by atoms with E-state index in [-0.39, 0.29) is 32.8 Å². The fraction of sp³-hybridized carbons (Fsp3) is 0.293. The lowest BCUT2D eigenvalue weighted by Gasteiger charge is -2.37. The first-order chi connectivity index (χ1) is 24.8. The molecule has 0 aromatic heterocycles. The van der Waals surface area contributed by atoms with Crippen LogP contribution in [0.5, 0.6) is 0 Å². The van der Waals surface area contributed by atoms with Crippen molar-refractivity contribution in [2.75, 3.05) is 18.6 Å². The van der Waals surface area contributed by atoms with Gasteiger partial charge >= 0.3 is 23.9 Å². The molecular formula is C41H39NO9. The number of rotatable bonds is 12. The van der Waals surface area contributed by atoms with Crippen molar-refractivity contribution < 1.29 is 42.9 Å². The molecular weight excluding hydrogens is 650 g/mol. The van der Waals surface area contributed by atoms with Crippen molar-refractivity contribution in [3.8, 4) is 0 Å². The zero-order valence-corrected chi connectivity index (χ0v) is 28.5. The third kappa shape index (κ3) is 6.38. The Labute approximate surface area is 296 Å². The summed E-state index contributed by atoms with van der Waals surface area (Å²) < 4.78 is 22.5. The second-order valence-corrected chi connectivity index (χ2v) is 12.7. The highest BCUT2D eigenvalue weighted by Gasteiger charge is 2.78. The maximum Gasteiger partial charge on any atom is 0.324 e. The minimum absolute atomic E-state index is 0.106. The Kier molecular flexibility index (Phi) is 10.3. The highest BCUT2D eigenvalue weighted by atomic mass is 16.6. The SMILES string of the molecule is CCOC(=O)C1C(C(=O)OCc2ccccc2)(C(=O)OCc2ccccc2)CC(CC(=O)OC)C12C(=O)N(Cc1ccccc1)c1ccccc12. The first-order valence-electron chi connectivity index (χ1n) is 16.9. The van der Waals surface area contributed by atoms with E-state index in [4.69, 9.17) is 18.9 Å². The minimum atomic E-state index is -2.39. The average Bonchev–Trinajstić information content (AvgIpc) is 3.60. The maximum atomic E-state index is 15.3. The van der Waals surface area contributed by atoms with E-state index in [1.807, 2.05) is 42.5 Å². The van der Waals surface area contributed by atoms with Gasteiger partial charge in [0.2, 0.25) is 5.91 Å². The van der Waals surface area contributed by atoms with Crippen LogP contribution in [-0.4, -0.2) is 43.5 Å². The summed E-state index contributed by atoms with van der Waals surface area (Å²) in [5, 5.41) is 0. The zero-order chi connectivity index (χ0) is 36.0. The fourth-order valence-corrected chi connectivity index (χ4v) is 7.71. The third-order valence-corrected chi connectivity index (χ3v) is 9.90. The standard InChI is InChI=1S/C41H39NO9/c1-3-49-36(44)35-40(38(46)50-26-29-17-9-5-10-18-29,39(47)51-27-30-19-11-6-12-20-30)24-31(23-34(43)48-2)41(35)32-21-13-14-22-33(32)42(37(41)45)25-28-15-7-4-8-16-28/h4-22,31,35H,3,23-27H2,1-2H3. The molecule has 2 aliphatic rings. The van der Waals surface area contributed by atoms with Gasteiger partial charge in [0.05, 0.1) is 25.7 Å². The lowest BCUT2D eigenvalue weighted by atomic mass is 9.63. The van der Waals surface area contributed by atoms with Crippen LogP contribution >= 0.6 is 0 Å². The van der Waals surface area contributed by atoms with Gasteiger partial charge in [0.15, 0.2) is 5.41 Å². The minimum Gasteiger partial charge on any atom is -0.469 e. The normalized spacial score (nSPS) is 20.0. The van der Waals surface area contributed by atoms with Gasteiger partial charge in [0, 0.05) is 12.1 Å². The van der Waals surface area contributed by atoms with E-state index in [9.17, 15) is 19.2 Å². The molecule has 1 aliphatic carbocycles. The summed E-state index contributed by atoms with van der Waals surface area (Å²) in [6, 6.07) is 34.0. The van der Waals surface area contributed by atoms with E-state index < -0.39 is 58.9 Å². The van der Waals surface area contributed by atoms with Crippen LogP contribution in [0.2, 0.25) is 0 Å².